The topological polar surface area (TPSA) is 42.2 Å². The van der Waals surface area contributed by atoms with Gasteiger partial charge in [-0.2, -0.15) is 13.2 Å². The molecule has 1 N–H and O–H groups in total. The molecule has 2 aromatic rings. The number of benzene rings is 1. The summed E-state index contributed by atoms with van der Waals surface area (Å²) in [6.45, 7) is -0.552. The van der Waals surface area contributed by atoms with E-state index in [0.717, 1.165) is 6.07 Å². The fourth-order valence-corrected chi connectivity index (χ4v) is 2.15. The predicted octanol–water partition coefficient (Wildman–Crippen LogP) is 3.39. The molecule has 1 atom stereocenters. The Labute approximate surface area is 127 Å². The van der Waals surface area contributed by atoms with Crippen molar-refractivity contribution >= 4 is 11.6 Å². The summed E-state index contributed by atoms with van der Waals surface area (Å²) in [6, 6.07) is 5.75. The Bertz CT molecular complexity index is 742. The fraction of sp³-hybridized carbons (Fsp3) is 0.214. The van der Waals surface area contributed by atoms with Gasteiger partial charge in [0, 0.05) is 11.8 Å². The average molecular weight is 336 g/mol. The van der Waals surface area contributed by atoms with Crippen LogP contribution in [-0.4, -0.2) is 9.67 Å². The van der Waals surface area contributed by atoms with Crippen LogP contribution in [0.15, 0.2) is 41.3 Å². The zero-order valence-corrected chi connectivity index (χ0v) is 11.7. The Balaban J connectivity index is 2.39. The van der Waals surface area contributed by atoms with Crippen molar-refractivity contribution in [3.63, 3.8) is 0 Å². The molecule has 8 heteroatoms. The van der Waals surface area contributed by atoms with Crippen LogP contribution in [0.5, 0.6) is 0 Å². The Kier molecular flexibility index (Phi) is 4.58. The third-order valence-corrected chi connectivity index (χ3v) is 3.27. The molecule has 0 aliphatic rings. The molecular weight excluding hydrogens is 326 g/mol. The van der Waals surface area contributed by atoms with Crippen molar-refractivity contribution in [2.24, 2.45) is 0 Å². The van der Waals surface area contributed by atoms with Crippen molar-refractivity contribution in [2.75, 3.05) is 0 Å². The molecular formula is C14H10ClF4NO2. The smallest absolute Gasteiger partial charge is 0.386 e. The monoisotopic (exact) mass is 335 g/mol. The SMILES string of the molecule is O=c1c(Cl)cc(C(F)(F)F)cn1CC(O)c1ccccc1F. The van der Waals surface area contributed by atoms with Crippen LogP contribution in [0, 0.1) is 5.82 Å². The Hall–Kier alpha value is -1.86. The molecule has 118 valence electrons. The van der Waals surface area contributed by atoms with E-state index < -0.39 is 40.8 Å². The van der Waals surface area contributed by atoms with Crippen molar-refractivity contribution < 1.29 is 22.7 Å². The van der Waals surface area contributed by atoms with E-state index in [1.165, 1.54) is 18.2 Å². The summed E-state index contributed by atoms with van der Waals surface area (Å²) >= 11 is 5.50. The Morgan fingerprint density at radius 1 is 1.27 bits per heavy atom. The first-order chi connectivity index (χ1) is 10.2. The van der Waals surface area contributed by atoms with Crippen molar-refractivity contribution in [1.29, 1.82) is 0 Å². The normalized spacial score (nSPS) is 13.2. The van der Waals surface area contributed by atoms with Crippen LogP contribution >= 0.6 is 11.6 Å². The van der Waals surface area contributed by atoms with Gasteiger partial charge in [-0.05, 0) is 12.1 Å². The summed E-state index contributed by atoms with van der Waals surface area (Å²) in [4.78, 5) is 11.8. The first-order valence-electron chi connectivity index (χ1n) is 6.10. The van der Waals surface area contributed by atoms with E-state index in [1.807, 2.05) is 0 Å². The molecule has 1 unspecified atom stereocenters. The molecule has 0 saturated heterocycles. The number of aliphatic hydroxyl groups excluding tert-OH is 1. The number of aliphatic hydroxyl groups is 1. The number of nitrogens with zero attached hydrogens (tertiary/aromatic N) is 1. The Morgan fingerprint density at radius 2 is 1.91 bits per heavy atom. The van der Waals surface area contributed by atoms with Gasteiger partial charge in [0.2, 0.25) is 0 Å². The third kappa shape index (κ3) is 3.48. The number of pyridine rings is 1. The van der Waals surface area contributed by atoms with Gasteiger partial charge in [-0.3, -0.25) is 4.79 Å². The summed E-state index contributed by atoms with van der Waals surface area (Å²) in [5.41, 5.74) is -2.15. The third-order valence-electron chi connectivity index (χ3n) is 3.00. The lowest BCUT2D eigenvalue weighted by molar-refractivity contribution is -0.138. The maximum atomic E-state index is 13.5. The number of rotatable bonds is 3. The summed E-state index contributed by atoms with van der Waals surface area (Å²) < 4.78 is 52.3. The van der Waals surface area contributed by atoms with Gasteiger partial charge >= 0.3 is 6.18 Å². The van der Waals surface area contributed by atoms with Crippen LogP contribution in [-0.2, 0) is 12.7 Å². The van der Waals surface area contributed by atoms with Crippen LogP contribution in [0.25, 0.3) is 0 Å². The highest BCUT2D eigenvalue weighted by Gasteiger charge is 2.32. The lowest BCUT2D eigenvalue weighted by Gasteiger charge is -2.16. The number of halogens is 5. The van der Waals surface area contributed by atoms with Gasteiger partial charge in [0.05, 0.1) is 18.2 Å². The molecule has 0 fully saturated rings. The van der Waals surface area contributed by atoms with E-state index in [0.29, 0.717) is 16.8 Å². The molecule has 1 aromatic carbocycles. The minimum Gasteiger partial charge on any atom is -0.386 e. The van der Waals surface area contributed by atoms with Gasteiger partial charge in [0.1, 0.15) is 10.8 Å². The van der Waals surface area contributed by atoms with Crippen molar-refractivity contribution in [2.45, 2.75) is 18.8 Å². The predicted molar refractivity (Wildman–Crippen MR) is 72.1 cm³/mol. The van der Waals surface area contributed by atoms with E-state index in [1.54, 1.807) is 0 Å². The van der Waals surface area contributed by atoms with Gasteiger partial charge in [0.25, 0.3) is 5.56 Å². The molecule has 0 radical (unpaired) electrons. The van der Waals surface area contributed by atoms with Crippen LogP contribution in [0.4, 0.5) is 17.6 Å². The molecule has 0 bridgehead atoms. The largest absolute Gasteiger partial charge is 0.417 e. The quantitative estimate of drug-likeness (QED) is 0.874. The van der Waals surface area contributed by atoms with E-state index >= 15 is 0 Å². The van der Waals surface area contributed by atoms with E-state index in [9.17, 15) is 27.5 Å². The summed E-state index contributed by atoms with van der Waals surface area (Å²) in [5.74, 6) is -0.721. The molecule has 0 aliphatic carbocycles. The molecule has 0 saturated carbocycles. The van der Waals surface area contributed by atoms with Crippen molar-refractivity contribution in [3.8, 4) is 0 Å². The lowest BCUT2D eigenvalue weighted by atomic mass is 10.1. The van der Waals surface area contributed by atoms with Gasteiger partial charge in [-0.15, -0.1) is 0 Å². The van der Waals surface area contributed by atoms with Crippen molar-refractivity contribution in [3.05, 3.63) is 68.8 Å². The number of hydrogen-bond acceptors (Lipinski definition) is 2. The molecule has 1 heterocycles. The average Bonchev–Trinajstić information content (AvgIpc) is 2.42. The van der Waals surface area contributed by atoms with E-state index in [-0.39, 0.29) is 5.56 Å². The lowest BCUT2D eigenvalue weighted by Crippen LogP contribution is -2.25. The zero-order valence-electron chi connectivity index (χ0n) is 10.9. The first-order valence-corrected chi connectivity index (χ1v) is 6.47. The van der Waals surface area contributed by atoms with Gasteiger partial charge in [-0.1, -0.05) is 29.8 Å². The van der Waals surface area contributed by atoms with Crippen molar-refractivity contribution in [1.82, 2.24) is 4.57 Å². The van der Waals surface area contributed by atoms with Crippen LogP contribution in [0.3, 0.4) is 0 Å². The standard InChI is InChI=1S/C14H10ClF4NO2/c15-10-5-8(14(17,18)19)6-20(13(10)22)7-12(21)9-3-1-2-4-11(9)16/h1-6,12,21H,7H2. The number of aromatic nitrogens is 1. The number of alkyl halides is 3. The minimum atomic E-state index is -4.69. The fourth-order valence-electron chi connectivity index (χ4n) is 1.92. The second kappa shape index (κ2) is 6.10. The van der Waals surface area contributed by atoms with Gasteiger partial charge in [0.15, 0.2) is 0 Å². The molecule has 3 nitrogen and oxygen atoms in total. The Morgan fingerprint density at radius 3 is 2.50 bits per heavy atom. The maximum absolute atomic E-state index is 13.5. The molecule has 2 rings (SSSR count). The first kappa shape index (κ1) is 16.5. The number of hydrogen-bond donors (Lipinski definition) is 1. The molecule has 22 heavy (non-hydrogen) atoms. The highest BCUT2D eigenvalue weighted by molar-refractivity contribution is 6.30. The highest BCUT2D eigenvalue weighted by atomic mass is 35.5. The van der Waals surface area contributed by atoms with Crippen LogP contribution in [0.2, 0.25) is 5.02 Å². The summed E-state index contributed by atoms with van der Waals surface area (Å²) in [6.07, 6.45) is -5.64. The molecule has 1 aromatic heterocycles. The summed E-state index contributed by atoms with van der Waals surface area (Å²) in [7, 11) is 0. The van der Waals surface area contributed by atoms with Gasteiger partial charge < -0.3 is 9.67 Å². The zero-order chi connectivity index (χ0) is 16.5. The summed E-state index contributed by atoms with van der Waals surface area (Å²) in [5, 5.41) is 9.31. The minimum absolute atomic E-state index is 0.122. The van der Waals surface area contributed by atoms with Crippen LogP contribution in [0.1, 0.15) is 17.2 Å². The molecule has 0 aliphatic heterocycles. The molecule has 0 spiro atoms. The highest BCUT2D eigenvalue weighted by Crippen LogP contribution is 2.30. The van der Waals surface area contributed by atoms with E-state index in [4.69, 9.17) is 11.6 Å². The maximum Gasteiger partial charge on any atom is 0.417 e. The van der Waals surface area contributed by atoms with Crippen LogP contribution < -0.4 is 5.56 Å². The second-order valence-corrected chi connectivity index (χ2v) is 4.98. The van der Waals surface area contributed by atoms with Gasteiger partial charge in [-0.25, -0.2) is 4.39 Å². The van der Waals surface area contributed by atoms with E-state index in [2.05, 4.69) is 0 Å². The second-order valence-electron chi connectivity index (χ2n) is 4.57. The molecule has 0 amide bonds.